The van der Waals surface area contributed by atoms with Crippen molar-refractivity contribution in [3.63, 3.8) is 0 Å². The fourth-order valence-electron chi connectivity index (χ4n) is 1.65. The number of carboxylic acids is 1. The average molecular weight is 327 g/mol. The maximum Gasteiger partial charge on any atom is 0.191 e. The van der Waals surface area contributed by atoms with Crippen LogP contribution < -0.4 is 9.84 Å². The zero-order chi connectivity index (χ0) is 15.2. The summed E-state index contributed by atoms with van der Waals surface area (Å²) < 4.78 is 7.42. The van der Waals surface area contributed by atoms with Crippen molar-refractivity contribution in [3.8, 4) is 5.75 Å². The maximum atomic E-state index is 10.5. The van der Waals surface area contributed by atoms with Crippen LogP contribution in [-0.4, -0.2) is 26.5 Å². The summed E-state index contributed by atoms with van der Waals surface area (Å²) in [6.45, 7) is 2.80. The third-order valence-electron chi connectivity index (χ3n) is 2.61. The van der Waals surface area contributed by atoms with E-state index in [1.807, 2.05) is 11.5 Å². The molecule has 1 aromatic heterocycles. The molecule has 6 nitrogen and oxygen atoms in total. The molecule has 2 rings (SSSR count). The maximum absolute atomic E-state index is 10.5. The minimum atomic E-state index is -1.13. The zero-order valence-corrected chi connectivity index (χ0v) is 12.9. The van der Waals surface area contributed by atoms with E-state index in [9.17, 15) is 9.90 Å². The van der Waals surface area contributed by atoms with Crippen LogP contribution in [-0.2, 0) is 17.9 Å². The minimum absolute atomic E-state index is 0.157. The lowest BCUT2D eigenvalue weighted by Gasteiger charge is -2.09. The van der Waals surface area contributed by atoms with E-state index < -0.39 is 5.97 Å². The Kier molecular flexibility index (Phi) is 5.46. The highest BCUT2D eigenvalue weighted by atomic mass is 35.5. The standard InChI is InChI=1S/C13H14ClN3O3S/c1-2-17-11(15-16-13(17)21-8-12(18)19)7-20-10-5-3-9(14)4-6-10/h3-6H,2,7-8H2,1H3,(H,18,19)/p-1. The number of hydrogen-bond acceptors (Lipinski definition) is 6. The minimum Gasteiger partial charge on any atom is -0.549 e. The van der Waals surface area contributed by atoms with Gasteiger partial charge in [-0.1, -0.05) is 23.4 Å². The van der Waals surface area contributed by atoms with Gasteiger partial charge in [0.1, 0.15) is 12.4 Å². The molecule has 0 aliphatic carbocycles. The number of halogens is 1. The van der Waals surface area contributed by atoms with Crippen LogP contribution >= 0.6 is 23.4 Å². The van der Waals surface area contributed by atoms with Crippen LogP contribution in [0.1, 0.15) is 12.7 Å². The van der Waals surface area contributed by atoms with Crippen LogP contribution in [0.15, 0.2) is 29.4 Å². The second-order valence-corrected chi connectivity index (χ2v) is 5.43. The third kappa shape index (κ3) is 4.37. The summed E-state index contributed by atoms with van der Waals surface area (Å²) in [6, 6.07) is 7.01. The number of nitrogens with zero attached hydrogens (tertiary/aromatic N) is 3. The highest BCUT2D eigenvalue weighted by molar-refractivity contribution is 7.99. The van der Waals surface area contributed by atoms with Gasteiger partial charge < -0.3 is 19.2 Å². The molecule has 0 fully saturated rings. The first-order valence-electron chi connectivity index (χ1n) is 6.23. The molecule has 2 aromatic rings. The van der Waals surface area contributed by atoms with E-state index in [2.05, 4.69) is 10.2 Å². The number of ether oxygens (including phenoxy) is 1. The molecule has 21 heavy (non-hydrogen) atoms. The summed E-state index contributed by atoms with van der Waals surface area (Å²) in [5, 5.41) is 19.7. The molecule has 1 aromatic carbocycles. The highest BCUT2D eigenvalue weighted by Gasteiger charge is 2.11. The Balaban J connectivity index is 2.02. The van der Waals surface area contributed by atoms with Gasteiger partial charge in [0.05, 0.1) is 5.97 Å². The number of hydrogen-bond donors (Lipinski definition) is 0. The number of rotatable bonds is 7. The van der Waals surface area contributed by atoms with Gasteiger partial charge in [-0.05, 0) is 31.2 Å². The number of aromatic nitrogens is 3. The summed E-state index contributed by atoms with van der Waals surface area (Å²) in [6.07, 6.45) is 0. The van der Waals surface area contributed by atoms with Crippen molar-refractivity contribution < 1.29 is 14.6 Å². The van der Waals surface area contributed by atoms with Gasteiger partial charge in [-0.2, -0.15) is 0 Å². The first-order chi connectivity index (χ1) is 10.1. The number of carbonyl (C=O) groups is 1. The Hall–Kier alpha value is -1.73. The number of aliphatic carboxylic acids is 1. The van der Waals surface area contributed by atoms with Crippen LogP contribution in [0.5, 0.6) is 5.75 Å². The molecule has 112 valence electrons. The molecule has 0 saturated carbocycles. The van der Waals surface area contributed by atoms with Crippen molar-refractivity contribution in [2.24, 2.45) is 0 Å². The third-order valence-corrected chi connectivity index (χ3v) is 3.80. The molecule has 0 spiro atoms. The van der Waals surface area contributed by atoms with Crippen molar-refractivity contribution in [2.45, 2.75) is 25.2 Å². The van der Waals surface area contributed by atoms with Gasteiger partial charge in [0.2, 0.25) is 0 Å². The van der Waals surface area contributed by atoms with Crippen LogP contribution in [0.3, 0.4) is 0 Å². The van der Waals surface area contributed by atoms with Gasteiger partial charge in [0, 0.05) is 17.3 Å². The lowest BCUT2D eigenvalue weighted by molar-refractivity contribution is -0.301. The van der Waals surface area contributed by atoms with E-state index in [-0.39, 0.29) is 12.4 Å². The van der Waals surface area contributed by atoms with Crippen LogP contribution in [0.2, 0.25) is 5.02 Å². The molecule has 0 saturated heterocycles. The predicted molar refractivity (Wildman–Crippen MR) is 77.2 cm³/mol. The Morgan fingerprint density at radius 2 is 2.10 bits per heavy atom. The smallest absolute Gasteiger partial charge is 0.191 e. The molecule has 0 unspecified atom stereocenters. The lowest BCUT2D eigenvalue weighted by atomic mass is 10.3. The molecule has 1 heterocycles. The Morgan fingerprint density at radius 1 is 1.38 bits per heavy atom. The van der Waals surface area contributed by atoms with Gasteiger partial charge in [0.15, 0.2) is 11.0 Å². The molecule has 0 N–H and O–H groups in total. The van der Waals surface area contributed by atoms with Gasteiger partial charge in [0.25, 0.3) is 0 Å². The monoisotopic (exact) mass is 326 g/mol. The van der Waals surface area contributed by atoms with E-state index >= 15 is 0 Å². The largest absolute Gasteiger partial charge is 0.549 e. The number of thioether (sulfide) groups is 1. The molecule has 0 atom stereocenters. The van der Waals surface area contributed by atoms with Crippen LogP contribution in [0.4, 0.5) is 0 Å². The van der Waals surface area contributed by atoms with E-state index in [1.165, 1.54) is 0 Å². The summed E-state index contributed by atoms with van der Waals surface area (Å²) >= 11 is 6.88. The Morgan fingerprint density at radius 3 is 2.71 bits per heavy atom. The van der Waals surface area contributed by atoms with Gasteiger partial charge in [-0.25, -0.2) is 0 Å². The van der Waals surface area contributed by atoms with Gasteiger partial charge in [-0.15, -0.1) is 10.2 Å². The van der Waals surface area contributed by atoms with Crippen LogP contribution in [0, 0.1) is 0 Å². The van der Waals surface area contributed by atoms with E-state index in [0.717, 1.165) is 11.8 Å². The quantitative estimate of drug-likeness (QED) is 0.715. The first-order valence-corrected chi connectivity index (χ1v) is 7.59. The molecule has 0 bridgehead atoms. The van der Waals surface area contributed by atoms with Gasteiger partial charge >= 0.3 is 0 Å². The van der Waals surface area contributed by atoms with Crippen molar-refractivity contribution in [1.29, 1.82) is 0 Å². The van der Waals surface area contributed by atoms with E-state index in [0.29, 0.717) is 28.3 Å². The van der Waals surface area contributed by atoms with Crippen molar-refractivity contribution >= 4 is 29.3 Å². The normalized spacial score (nSPS) is 10.6. The van der Waals surface area contributed by atoms with Crippen molar-refractivity contribution in [3.05, 3.63) is 35.1 Å². The second kappa shape index (κ2) is 7.33. The Labute approximate surface area is 131 Å². The SMILES string of the molecule is CCn1c(COc2ccc(Cl)cc2)nnc1SCC(=O)[O-]. The van der Waals surface area contributed by atoms with E-state index in [1.54, 1.807) is 24.3 Å². The number of carbonyl (C=O) groups excluding carboxylic acids is 1. The first kappa shape index (κ1) is 15.7. The summed E-state index contributed by atoms with van der Waals surface area (Å²) in [7, 11) is 0. The average Bonchev–Trinajstić information content (AvgIpc) is 2.86. The fourth-order valence-corrected chi connectivity index (χ4v) is 2.51. The van der Waals surface area contributed by atoms with Crippen LogP contribution in [0.25, 0.3) is 0 Å². The lowest BCUT2D eigenvalue weighted by Crippen LogP contribution is -2.24. The fraction of sp³-hybridized carbons (Fsp3) is 0.308. The molecule has 8 heteroatoms. The Bertz CT molecular complexity index is 616. The molecule has 0 aliphatic heterocycles. The number of benzene rings is 1. The summed E-state index contributed by atoms with van der Waals surface area (Å²) in [4.78, 5) is 10.5. The van der Waals surface area contributed by atoms with Gasteiger partial charge in [-0.3, -0.25) is 0 Å². The van der Waals surface area contributed by atoms with Crippen molar-refractivity contribution in [1.82, 2.24) is 14.8 Å². The zero-order valence-electron chi connectivity index (χ0n) is 11.3. The molecular formula is C13H13ClN3O3S-. The summed E-state index contributed by atoms with van der Waals surface area (Å²) in [5.74, 6) is 0.0165. The topological polar surface area (TPSA) is 80.1 Å². The molecule has 0 radical (unpaired) electrons. The second-order valence-electron chi connectivity index (χ2n) is 4.05. The van der Waals surface area contributed by atoms with Crippen molar-refractivity contribution in [2.75, 3.05) is 5.75 Å². The summed E-state index contributed by atoms with van der Waals surface area (Å²) in [5.41, 5.74) is 0. The molecular weight excluding hydrogens is 314 g/mol. The molecule has 0 aliphatic rings. The highest BCUT2D eigenvalue weighted by Crippen LogP contribution is 2.19. The van der Waals surface area contributed by atoms with E-state index in [4.69, 9.17) is 16.3 Å². The number of carboxylic acid groups (broad SMARTS) is 1. The predicted octanol–water partition coefficient (Wildman–Crippen LogP) is 1.37. The molecule has 0 amide bonds.